The first-order chi connectivity index (χ1) is 9.63. The van der Waals surface area contributed by atoms with Crippen molar-refractivity contribution in [1.82, 2.24) is 5.32 Å². The van der Waals surface area contributed by atoms with Crippen molar-refractivity contribution < 1.29 is 27.4 Å². The van der Waals surface area contributed by atoms with Gasteiger partial charge in [0.1, 0.15) is 11.6 Å². The van der Waals surface area contributed by atoms with Gasteiger partial charge in [0, 0.05) is 30.5 Å². The number of nitrogens with one attached hydrogen (secondary N) is 1. The van der Waals surface area contributed by atoms with Crippen LogP contribution in [0, 0.1) is 5.82 Å². The number of rotatable bonds is 7. The summed E-state index contributed by atoms with van der Waals surface area (Å²) in [6.45, 7) is 1.83. The summed E-state index contributed by atoms with van der Waals surface area (Å²) in [4.78, 5) is 0. The van der Waals surface area contributed by atoms with E-state index in [9.17, 15) is 22.7 Å². The molecule has 3 nitrogen and oxygen atoms in total. The smallest absolute Gasteiger partial charge is 0.405 e. The average molecular weight is 327 g/mol. The van der Waals surface area contributed by atoms with Gasteiger partial charge in [0.25, 0.3) is 0 Å². The SMILES string of the molecule is CSCC(C)(O)CNCc1ccc(F)cc1OC(F)(F)F. The Labute approximate surface area is 124 Å². The lowest BCUT2D eigenvalue weighted by Gasteiger charge is -2.23. The van der Waals surface area contributed by atoms with Crippen molar-refractivity contribution in [3.8, 4) is 5.75 Å². The van der Waals surface area contributed by atoms with Gasteiger partial charge in [0.2, 0.25) is 0 Å². The van der Waals surface area contributed by atoms with Crippen LogP contribution in [0.2, 0.25) is 0 Å². The molecule has 0 fully saturated rings. The molecule has 0 heterocycles. The van der Waals surface area contributed by atoms with Crippen LogP contribution in [0.4, 0.5) is 17.6 Å². The molecule has 0 aliphatic rings. The van der Waals surface area contributed by atoms with E-state index in [1.165, 1.54) is 17.8 Å². The zero-order valence-corrected chi connectivity index (χ0v) is 12.4. The molecule has 8 heteroatoms. The summed E-state index contributed by atoms with van der Waals surface area (Å²) < 4.78 is 53.6. The van der Waals surface area contributed by atoms with Crippen LogP contribution in [-0.4, -0.2) is 35.6 Å². The number of hydrogen-bond acceptors (Lipinski definition) is 4. The Bertz CT molecular complexity index is 466. The maximum Gasteiger partial charge on any atom is 0.573 e. The minimum absolute atomic E-state index is 0.0240. The Morgan fingerprint density at radius 2 is 2.00 bits per heavy atom. The molecule has 1 atom stereocenters. The lowest BCUT2D eigenvalue weighted by atomic mass is 10.1. The summed E-state index contributed by atoms with van der Waals surface area (Å²) in [6.07, 6.45) is -3.05. The van der Waals surface area contributed by atoms with E-state index in [1.54, 1.807) is 6.92 Å². The van der Waals surface area contributed by atoms with Crippen LogP contribution in [0.5, 0.6) is 5.75 Å². The van der Waals surface area contributed by atoms with Crippen molar-refractivity contribution in [1.29, 1.82) is 0 Å². The van der Waals surface area contributed by atoms with Crippen molar-refractivity contribution in [3.63, 3.8) is 0 Å². The highest BCUT2D eigenvalue weighted by Crippen LogP contribution is 2.27. The van der Waals surface area contributed by atoms with E-state index in [-0.39, 0.29) is 18.7 Å². The zero-order valence-electron chi connectivity index (χ0n) is 11.6. The molecule has 0 aromatic heterocycles. The summed E-state index contributed by atoms with van der Waals surface area (Å²) >= 11 is 1.45. The molecule has 1 rings (SSSR count). The van der Waals surface area contributed by atoms with Gasteiger partial charge < -0.3 is 15.2 Å². The van der Waals surface area contributed by atoms with Crippen LogP contribution >= 0.6 is 11.8 Å². The quantitative estimate of drug-likeness (QED) is 0.756. The van der Waals surface area contributed by atoms with Crippen molar-refractivity contribution in [3.05, 3.63) is 29.6 Å². The monoisotopic (exact) mass is 327 g/mol. The summed E-state index contributed by atoms with van der Waals surface area (Å²) in [7, 11) is 0. The first-order valence-electron chi connectivity index (χ1n) is 6.09. The molecule has 120 valence electrons. The summed E-state index contributed by atoms with van der Waals surface area (Å²) in [5.74, 6) is -0.915. The number of thioether (sulfide) groups is 1. The second kappa shape index (κ2) is 7.33. The molecule has 1 unspecified atom stereocenters. The van der Waals surface area contributed by atoms with E-state index in [2.05, 4.69) is 10.1 Å². The molecule has 0 spiro atoms. The van der Waals surface area contributed by atoms with Crippen LogP contribution < -0.4 is 10.1 Å². The van der Waals surface area contributed by atoms with Gasteiger partial charge >= 0.3 is 6.36 Å². The first-order valence-corrected chi connectivity index (χ1v) is 7.48. The first kappa shape index (κ1) is 18.1. The van der Waals surface area contributed by atoms with Gasteiger partial charge in [-0.25, -0.2) is 4.39 Å². The predicted molar refractivity (Wildman–Crippen MR) is 73.8 cm³/mol. The third-order valence-corrected chi connectivity index (χ3v) is 3.44. The standard InChI is InChI=1S/C13H17F4NO2S/c1-12(19,8-21-2)7-18-6-9-3-4-10(14)5-11(9)20-13(15,16)17/h3-5,18-19H,6-8H2,1-2H3. The predicted octanol–water partition coefficient (Wildman–Crippen LogP) is 2.93. The van der Waals surface area contributed by atoms with Crippen molar-refractivity contribution in [2.45, 2.75) is 25.4 Å². The van der Waals surface area contributed by atoms with Gasteiger partial charge in [-0.05, 0) is 19.2 Å². The fourth-order valence-electron chi connectivity index (χ4n) is 1.72. The second-order valence-corrected chi connectivity index (χ2v) is 5.70. The maximum absolute atomic E-state index is 13.0. The summed E-state index contributed by atoms with van der Waals surface area (Å²) in [6, 6.07) is 2.96. The van der Waals surface area contributed by atoms with Crippen LogP contribution in [0.1, 0.15) is 12.5 Å². The number of benzene rings is 1. The number of alkyl halides is 3. The van der Waals surface area contributed by atoms with Gasteiger partial charge in [-0.1, -0.05) is 6.07 Å². The van der Waals surface area contributed by atoms with Crippen LogP contribution in [0.15, 0.2) is 18.2 Å². The number of halogens is 4. The van der Waals surface area contributed by atoms with Gasteiger partial charge in [-0.15, -0.1) is 13.2 Å². The fourth-order valence-corrected chi connectivity index (χ4v) is 2.45. The molecule has 1 aromatic rings. The number of aliphatic hydroxyl groups is 1. The van der Waals surface area contributed by atoms with Gasteiger partial charge in [-0.2, -0.15) is 11.8 Å². The average Bonchev–Trinajstić information content (AvgIpc) is 2.29. The highest BCUT2D eigenvalue weighted by atomic mass is 32.2. The Morgan fingerprint density at radius 3 is 2.57 bits per heavy atom. The second-order valence-electron chi connectivity index (χ2n) is 4.83. The molecule has 0 aliphatic carbocycles. The molecule has 21 heavy (non-hydrogen) atoms. The fraction of sp³-hybridized carbons (Fsp3) is 0.538. The molecule has 1 aromatic carbocycles. The molecule has 0 aliphatic heterocycles. The summed E-state index contributed by atoms with van der Waals surface area (Å²) in [5, 5.41) is 12.8. The third-order valence-electron chi connectivity index (χ3n) is 2.53. The molecule has 2 N–H and O–H groups in total. The molecule has 0 amide bonds. The Kier molecular flexibility index (Phi) is 6.30. The maximum atomic E-state index is 13.0. The van der Waals surface area contributed by atoms with Gasteiger partial charge in [0.15, 0.2) is 0 Å². The van der Waals surface area contributed by atoms with Crippen molar-refractivity contribution in [2.24, 2.45) is 0 Å². The van der Waals surface area contributed by atoms with Crippen LogP contribution in [-0.2, 0) is 6.54 Å². The van der Waals surface area contributed by atoms with Gasteiger partial charge in [-0.3, -0.25) is 0 Å². The molecular formula is C13H17F4NO2S. The Morgan fingerprint density at radius 1 is 1.33 bits per heavy atom. The topological polar surface area (TPSA) is 41.5 Å². The lowest BCUT2D eigenvalue weighted by Crippen LogP contribution is -2.39. The van der Waals surface area contributed by atoms with Crippen molar-refractivity contribution in [2.75, 3.05) is 18.6 Å². The molecule has 0 radical (unpaired) electrons. The normalized spacial score (nSPS) is 14.8. The minimum Gasteiger partial charge on any atom is -0.405 e. The van der Waals surface area contributed by atoms with E-state index in [1.807, 2.05) is 6.26 Å². The lowest BCUT2D eigenvalue weighted by molar-refractivity contribution is -0.275. The number of hydrogen-bond donors (Lipinski definition) is 2. The Hall–Kier alpha value is -0.990. The van der Waals surface area contributed by atoms with Crippen LogP contribution in [0.3, 0.4) is 0 Å². The molecular weight excluding hydrogens is 310 g/mol. The largest absolute Gasteiger partial charge is 0.573 e. The Balaban J connectivity index is 2.70. The van der Waals surface area contributed by atoms with E-state index in [4.69, 9.17) is 0 Å². The minimum atomic E-state index is -4.88. The van der Waals surface area contributed by atoms with E-state index in [0.29, 0.717) is 11.8 Å². The van der Waals surface area contributed by atoms with E-state index >= 15 is 0 Å². The molecule has 0 bridgehead atoms. The van der Waals surface area contributed by atoms with Crippen LogP contribution in [0.25, 0.3) is 0 Å². The third kappa shape index (κ3) is 7.01. The van der Waals surface area contributed by atoms with E-state index < -0.39 is 23.5 Å². The summed E-state index contributed by atoms with van der Waals surface area (Å²) in [5.41, 5.74) is -0.821. The highest BCUT2D eigenvalue weighted by Gasteiger charge is 2.32. The van der Waals surface area contributed by atoms with Crippen molar-refractivity contribution >= 4 is 11.8 Å². The molecule has 0 saturated carbocycles. The van der Waals surface area contributed by atoms with Gasteiger partial charge in [0.05, 0.1) is 5.60 Å². The number of ether oxygens (including phenoxy) is 1. The molecule has 0 saturated heterocycles. The highest BCUT2D eigenvalue weighted by molar-refractivity contribution is 7.98. The zero-order chi connectivity index (χ0) is 16.1. The van der Waals surface area contributed by atoms with E-state index in [0.717, 1.165) is 6.07 Å².